The maximum absolute atomic E-state index is 12.7. The Labute approximate surface area is 133 Å². The van der Waals surface area contributed by atoms with Crippen LogP contribution in [0.25, 0.3) is 0 Å². The summed E-state index contributed by atoms with van der Waals surface area (Å²) in [5.74, 6) is -0.167. The summed E-state index contributed by atoms with van der Waals surface area (Å²) in [7, 11) is 0. The predicted octanol–water partition coefficient (Wildman–Crippen LogP) is 2.99. The van der Waals surface area contributed by atoms with Crippen LogP contribution in [0.15, 0.2) is 39.9 Å². The summed E-state index contributed by atoms with van der Waals surface area (Å²) in [4.78, 5) is 23.7. The first-order chi connectivity index (χ1) is 10.7. The molecule has 23 heavy (non-hydrogen) atoms. The molecule has 9 heteroatoms. The van der Waals surface area contributed by atoms with E-state index in [2.05, 4.69) is 5.32 Å². The summed E-state index contributed by atoms with van der Waals surface area (Å²) in [5, 5.41) is 1.91. The maximum atomic E-state index is 12.7. The first-order valence-electron chi connectivity index (χ1n) is 6.48. The highest BCUT2D eigenvalue weighted by molar-refractivity contribution is 6.30. The van der Waals surface area contributed by atoms with Crippen molar-refractivity contribution in [3.8, 4) is 0 Å². The Kier molecular flexibility index (Phi) is 4.84. The molecule has 0 aromatic carbocycles. The SMILES string of the molecule is CC(NC(=O)Cn1cc(C(F)(F)F)cc(Cl)c1=O)c1ccco1. The molecular formula is C14H12ClF3N2O3. The largest absolute Gasteiger partial charge is 0.467 e. The van der Waals surface area contributed by atoms with E-state index in [4.69, 9.17) is 16.0 Å². The molecule has 2 heterocycles. The molecule has 0 aliphatic carbocycles. The third-order valence-corrected chi connectivity index (χ3v) is 3.30. The zero-order chi connectivity index (χ0) is 17.2. The van der Waals surface area contributed by atoms with Crippen molar-refractivity contribution >= 4 is 17.5 Å². The van der Waals surface area contributed by atoms with Crippen molar-refractivity contribution in [2.24, 2.45) is 0 Å². The molecule has 0 saturated carbocycles. The molecule has 0 bridgehead atoms. The van der Waals surface area contributed by atoms with E-state index in [-0.39, 0.29) is 0 Å². The average molecular weight is 349 g/mol. The zero-order valence-electron chi connectivity index (χ0n) is 11.9. The monoisotopic (exact) mass is 348 g/mol. The van der Waals surface area contributed by atoms with Crippen molar-refractivity contribution in [3.05, 3.63) is 57.4 Å². The average Bonchev–Trinajstić information content (AvgIpc) is 2.96. The third kappa shape index (κ3) is 4.16. The van der Waals surface area contributed by atoms with E-state index in [9.17, 15) is 22.8 Å². The number of alkyl halides is 3. The van der Waals surface area contributed by atoms with E-state index in [0.717, 1.165) is 0 Å². The van der Waals surface area contributed by atoms with Gasteiger partial charge in [-0.05, 0) is 25.1 Å². The fourth-order valence-corrected chi connectivity index (χ4v) is 2.15. The van der Waals surface area contributed by atoms with Crippen LogP contribution < -0.4 is 10.9 Å². The quantitative estimate of drug-likeness (QED) is 0.923. The van der Waals surface area contributed by atoms with Crippen LogP contribution in [0.5, 0.6) is 0 Å². The molecule has 5 nitrogen and oxygen atoms in total. The van der Waals surface area contributed by atoms with E-state index in [1.54, 1.807) is 19.1 Å². The lowest BCUT2D eigenvalue weighted by Crippen LogP contribution is -2.34. The van der Waals surface area contributed by atoms with Gasteiger partial charge in [0.1, 0.15) is 17.3 Å². The minimum Gasteiger partial charge on any atom is -0.467 e. The molecule has 0 spiro atoms. The number of hydrogen-bond acceptors (Lipinski definition) is 3. The summed E-state index contributed by atoms with van der Waals surface area (Å²) in [6.07, 6.45) is -2.68. The van der Waals surface area contributed by atoms with Crippen molar-refractivity contribution in [2.75, 3.05) is 0 Å². The first kappa shape index (κ1) is 17.1. The molecule has 1 unspecified atom stereocenters. The van der Waals surface area contributed by atoms with Gasteiger partial charge in [0.2, 0.25) is 5.91 Å². The van der Waals surface area contributed by atoms with Gasteiger partial charge >= 0.3 is 6.18 Å². The number of aromatic nitrogens is 1. The number of amides is 1. The van der Waals surface area contributed by atoms with Gasteiger partial charge in [0.05, 0.1) is 17.9 Å². The van der Waals surface area contributed by atoms with Gasteiger partial charge in [-0.15, -0.1) is 0 Å². The van der Waals surface area contributed by atoms with Gasteiger partial charge in [-0.1, -0.05) is 11.6 Å². The second-order valence-corrected chi connectivity index (χ2v) is 5.22. The van der Waals surface area contributed by atoms with Crippen LogP contribution in [0.3, 0.4) is 0 Å². The Bertz CT molecular complexity index is 754. The molecule has 124 valence electrons. The van der Waals surface area contributed by atoms with Gasteiger partial charge in [0.15, 0.2) is 0 Å². The number of nitrogens with zero attached hydrogens (tertiary/aromatic N) is 1. The van der Waals surface area contributed by atoms with Crippen molar-refractivity contribution in [3.63, 3.8) is 0 Å². The fourth-order valence-electron chi connectivity index (χ4n) is 1.92. The third-order valence-electron chi connectivity index (χ3n) is 3.03. The lowest BCUT2D eigenvalue weighted by Gasteiger charge is -2.14. The normalized spacial score (nSPS) is 12.9. The lowest BCUT2D eigenvalue weighted by atomic mass is 10.2. The van der Waals surface area contributed by atoms with Crippen LogP contribution >= 0.6 is 11.6 Å². The highest BCUT2D eigenvalue weighted by Crippen LogP contribution is 2.29. The molecule has 0 aliphatic rings. The minimum atomic E-state index is -4.67. The first-order valence-corrected chi connectivity index (χ1v) is 6.86. The Balaban J connectivity index is 2.17. The minimum absolute atomic E-state index is 0.479. The van der Waals surface area contributed by atoms with Gasteiger partial charge in [0.25, 0.3) is 5.56 Å². The number of halogens is 4. The molecule has 2 aromatic rings. The smallest absolute Gasteiger partial charge is 0.417 e. The molecule has 1 N–H and O–H groups in total. The summed E-state index contributed by atoms with van der Waals surface area (Å²) in [6.45, 7) is 1.05. The summed E-state index contributed by atoms with van der Waals surface area (Å²) >= 11 is 5.52. The van der Waals surface area contributed by atoms with Crippen LogP contribution in [0, 0.1) is 0 Å². The van der Waals surface area contributed by atoms with Crippen LogP contribution in [0.2, 0.25) is 5.02 Å². The molecule has 2 aromatic heterocycles. The molecule has 0 aliphatic heterocycles. The van der Waals surface area contributed by atoms with Crippen molar-refractivity contribution in [2.45, 2.75) is 25.7 Å². The molecule has 2 rings (SSSR count). The summed E-state index contributed by atoms with van der Waals surface area (Å²) < 4.78 is 43.9. The van der Waals surface area contributed by atoms with Crippen LogP contribution in [0.4, 0.5) is 13.2 Å². The number of furan rings is 1. The van der Waals surface area contributed by atoms with E-state index < -0.39 is 40.8 Å². The summed E-state index contributed by atoms with van der Waals surface area (Å²) in [6, 6.07) is 3.31. The lowest BCUT2D eigenvalue weighted by molar-refractivity contribution is -0.138. The van der Waals surface area contributed by atoms with E-state index >= 15 is 0 Å². The topological polar surface area (TPSA) is 64.2 Å². The van der Waals surface area contributed by atoms with Gasteiger partial charge in [-0.25, -0.2) is 0 Å². The Morgan fingerprint density at radius 2 is 2.17 bits per heavy atom. The van der Waals surface area contributed by atoms with Gasteiger partial charge in [-0.2, -0.15) is 13.2 Å². The number of carbonyl (C=O) groups excluding carboxylic acids is 1. The molecule has 0 radical (unpaired) electrons. The van der Waals surface area contributed by atoms with Gasteiger partial charge < -0.3 is 14.3 Å². The van der Waals surface area contributed by atoms with Crippen LogP contribution in [-0.4, -0.2) is 10.5 Å². The van der Waals surface area contributed by atoms with Crippen molar-refractivity contribution < 1.29 is 22.4 Å². The number of rotatable bonds is 4. The number of nitrogens with one attached hydrogen (secondary N) is 1. The standard InChI is InChI=1S/C14H12ClF3N2O3/c1-8(11-3-2-4-23-11)19-12(21)7-20-6-9(14(16,17)18)5-10(15)13(20)22/h2-6,8H,7H2,1H3,(H,19,21). The number of carbonyl (C=O) groups is 1. The van der Waals surface area contributed by atoms with Crippen LogP contribution in [-0.2, 0) is 17.5 Å². The molecule has 1 amide bonds. The zero-order valence-corrected chi connectivity index (χ0v) is 12.6. The number of hydrogen-bond donors (Lipinski definition) is 1. The Morgan fingerprint density at radius 1 is 1.48 bits per heavy atom. The second kappa shape index (κ2) is 6.49. The van der Waals surface area contributed by atoms with Crippen LogP contribution in [0.1, 0.15) is 24.3 Å². The highest BCUT2D eigenvalue weighted by Gasteiger charge is 2.32. The molecular weight excluding hydrogens is 337 g/mol. The maximum Gasteiger partial charge on any atom is 0.417 e. The Hall–Kier alpha value is -2.22. The molecule has 0 saturated heterocycles. The summed E-state index contributed by atoms with van der Waals surface area (Å²) in [5.41, 5.74) is -1.98. The van der Waals surface area contributed by atoms with Crippen molar-refractivity contribution in [1.29, 1.82) is 0 Å². The van der Waals surface area contributed by atoms with Gasteiger partial charge in [0, 0.05) is 6.20 Å². The van der Waals surface area contributed by atoms with Crippen molar-refractivity contribution in [1.82, 2.24) is 9.88 Å². The number of pyridine rings is 1. The second-order valence-electron chi connectivity index (χ2n) is 4.81. The highest BCUT2D eigenvalue weighted by atomic mass is 35.5. The fraction of sp³-hybridized carbons (Fsp3) is 0.286. The predicted molar refractivity (Wildman–Crippen MR) is 76.0 cm³/mol. The van der Waals surface area contributed by atoms with E-state index in [0.29, 0.717) is 22.6 Å². The molecule has 1 atom stereocenters. The molecule has 0 fully saturated rings. The Morgan fingerprint density at radius 3 is 2.74 bits per heavy atom. The van der Waals surface area contributed by atoms with Gasteiger partial charge in [-0.3, -0.25) is 9.59 Å². The van der Waals surface area contributed by atoms with E-state index in [1.807, 2.05) is 0 Å². The van der Waals surface area contributed by atoms with E-state index in [1.165, 1.54) is 6.26 Å².